The van der Waals surface area contributed by atoms with Gasteiger partial charge in [0, 0.05) is 11.3 Å². The van der Waals surface area contributed by atoms with E-state index >= 15 is 0 Å². The van der Waals surface area contributed by atoms with Crippen LogP contribution in [-0.2, 0) is 19.1 Å². The third-order valence-electron chi connectivity index (χ3n) is 3.88. The molecule has 0 aliphatic carbocycles. The fraction of sp³-hybridized carbons (Fsp3) is 0.556. The van der Waals surface area contributed by atoms with Gasteiger partial charge in [-0.1, -0.05) is 26.0 Å². The number of benzene rings is 1. The third kappa shape index (κ3) is 6.36. The van der Waals surface area contributed by atoms with Crippen LogP contribution < -0.4 is 4.74 Å². The monoisotopic (exact) mass is 352 g/mol. The van der Waals surface area contributed by atoms with E-state index in [1.165, 1.54) is 0 Å². The number of carbonyl (C=O) groups is 2. The summed E-state index contributed by atoms with van der Waals surface area (Å²) in [6.45, 7) is 5.49. The first kappa shape index (κ1) is 19.2. The third-order valence-corrected chi connectivity index (χ3v) is 3.88. The Kier molecular flexibility index (Phi) is 6.39. The number of ether oxygens (including phenoxy) is 3. The summed E-state index contributed by atoms with van der Waals surface area (Å²) in [4.78, 5) is 22.0. The first-order valence-corrected chi connectivity index (χ1v) is 8.15. The second-order valence-corrected chi connectivity index (χ2v) is 6.99. The molecule has 0 amide bonds. The van der Waals surface area contributed by atoms with Gasteiger partial charge in [-0.25, -0.2) is 0 Å². The molecule has 1 fully saturated rings. The summed E-state index contributed by atoms with van der Waals surface area (Å²) in [6.07, 6.45) is -0.954. The molecule has 0 bridgehead atoms. The largest absolute Gasteiger partial charge is 0.488 e. The summed E-state index contributed by atoms with van der Waals surface area (Å²) >= 11 is 0. The van der Waals surface area contributed by atoms with Crippen LogP contribution in [-0.4, -0.2) is 48.3 Å². The lowest BCUT2D eigenvalue weighted by Gasteiger charge is -2.34. The predicted octanol–water partition coefficient (Wildman–Crippen LogP) is 2.50. The van der Waals surface area contributed by atoms with Crippen molar-refractivity contribution in [3.8, 4) is 5.75 Å². The van der Waals surface area contributed by atoms with Gasteiger partial charge in [-0.05, 0) is 17.7 Å². The van der Waals surface area contributed by atoms with Gasteiger partial charge < -0.3 is 24.4 Å². The number of carboxylic acid groups (broad SMARTS) is 2. The summed E-state index contributed by atoms with van der Waals surface area (Å²) in [6, 6.07) is 6.82. The van der Waals surface area contributed by atoms with Crippen LogP contribution in [0.2, 0.25) is 0 Å². The van der Waals surface area contributed by atoms with Crippen molar-refractivity contribution in [3.63, 3.8) is 0 Å². The maximum Gasteiger partial charge on any atom is 0.303 e. The number of rotatable bonds is 8. The quantitative estimate of drug-likeness (QED) is 0.741. The summed E-state index contributed by atoms with van der Waals surface area (Å²) in [5.74, 6) is -2.16. The maximum atomic E-state index is 11.0. The Morgan fingerprint density at radius 1 is 1.20 bits per heavy atom. The number of carboxylic acids is 2. The van der Waals surface area contributed by atoms with Gasteiger partial charge in [-0.2, -0.15) is 0 Å². The normalized spacial score (nSPS) is 17.4. The van der Waals surface area contributed by atoms with E-state index in [2.05, 4.69) is 13.8 Å². The molecule has 0 unspecified atom stereocenters. The topological polar surface area (TPSA) is 102 Å². The summed E-state index contributed by atoms with van der Waals surface area (Å²) < 4.78 is 16.9. The average Bonchev–Trinajstić information content (AvgIpc) is 2.53. The lowest BCUT2D eigenvalue weighted by Crippen LogP contribution is -2.40. The first-order chi connectivity index (χ1) is 11.7. The van der Waals surface area contributed by atoms with E-state index in [1.54, 1.807) is 24.3 Å². The second-order valence-electron chi connectivity index (χ2n) is 6.99. The summed E-state index contributed by atoms with van der Waals surface area (Å²) in [5, 5.41) is 18.0. The molecule has 1 aromatic carbocycles. The molecule has 2 N–H and O–H groups in total. The fourth-order valence-electron chi connectivity index (χ4n) is 2.58. The highest BCUT2D eigenvalue weighted by Gasteiger charge is 2.28. The Labute approximate surface area is 146 Å². The molecule has 7 heteroatoms. The molecule has 1 aliphatic heterocycles. The highest BCUT2D eigenvalue weighted by Crippen LogP contribution is 2.28. The number of hydrogen-bond acceptors (Lipinski definition) is 5. The number of hydrogen-bond donors (Lipinski definition) is 2. The highest BCUT2D eigenvalue weighted by atomic mass is 16.7. The molecule has 0 radical (unpaired) electrons. The summed E-state index contributed by atoms with van der Waals surface area (Å²) in [7, 11) is 0. The zero-order valence-electron chi connectivity index (χ0n) is 14.4. The van der Waals surface area contributed by atoms with E-state index in [1.807, 2.05) is 0 Å². The van der Waals surface area contributed by atoms with Gasteiger partial charge in [0.05, 0.1) is 26.1 Å². The highest BCUT2D eigenvalue weighted by molar-refractivity contribution is 5.72. The Morgan fingerprint density at radius 2 is 1.80 bits per heavy atom. The molecule has 138 valence electrons. The first-order valence-electron chi connectivity index (χ1n) is 8.15. The molecule has 1 saturated heterocycles. The van der Waals surface area contributed by atoms with Crippen LogP contribution >= 0.6 is 0 Å². The number of aliphatic carboxylic acids is 2. The zero-order valence-corrected chi connectivity index (χ0v) is 14.4. The minimum Gasteiger partial charge on any atom is -0.488 e. The van der Waals surface area contributed by atoms with Crippen LogP contribution in [0.5, 0.6) is 5.75 Å². The van der Waals surface area contributed by atoms with Crippen molar-refractivity contribution in [1.29, 1.82) is 0 Å². The van der Waals surface area contributed by atoms with Gasteiger partial charge in [0.2, 0.25) is 0 Å². The lowest BCUT2D eigenvalue weighted by molar-refractivity contribution is -0.230. The Morgan fingerprint density at radius 3 is 2.36 bits per heavy atom. The SMILES string of the molecule is CC1(C)COC(COc2cccc(C(CC(=O)O)CC(=O)O)c2)OC1. The van der Waals surface area contributed by atoms with Crippen molar-refractivity contribution in [2.75, 3.05) is 19.8 Å². The van der Waals surface area contributed by atoms with Gasteiger partial charge in [0.1, 0.15) is 12.4 Å². The van der Waals surface area contributed by atoms with Crippen LogP contribution in [0.25, 0.3) is 0 Å². The minimum atomic E-state index is -1.04. The average molecular weight is 352 g/mol. The van der Waals surface area contributed by atoms with Crippen LogP contribution in [0.3, 0.4) is 0 Å². The van der Waals surface area contributed by atoms with Crippen LogP contribution in [0.1, 0.15) is 38.2 Å². The zero-order chi connectivity index (χ0) is 18.4. The Bertz CT molecular complexity index is 585. The van der Waals surface area contributed by atoms with E-state index in [0.29, 0.717) is 24.5 Å². The van der Waals surface area contributed by atoms with Crippen molar-refractivity contribution < 1.29 is 34.0 Å². The molecule has 0 atom stereocenters. The fourth-order valence-corrected chi connectivity index (χ4v) is 2.58. The van der Waals surface area contributed by atoms with Crippen molar-refractivity contribution in [3.05, 3.63) is 29.8 Å². The van der Waals surface area contributed by atoms with Crippen LogP contribution in [0.4, 0.5) is 0 Å². The van der Waals surface area contributed by atoms with Gasteiger partial charge in [-0.15, -0.1) is 0 Å². The van der Waals surface area contributed by atoms with E-state index in [0.717, 1.165) is 0 Å². The summed E-state index contributed by atoms with van der Waals surface area (Å²) in [5.41, 5.74) is 0.603. The van der Waals surface area contributed by atoms with Crippen LogP contribution in [0.15, 0.2) is 24.3 Å². The van der Waals surface area contributed by atoms with Gasteiger partial charge in [0.15, 0.2) is 6.29 Å². The van der Waals surface area contributed by atoms with Crippen molar-refractivity contribution >= 4 is 11.9 Å². The van der Waals surface area contributed by atoms with Crippen molar-refractivity contribution in [2.45, 2.75) is 38.9 Å². The second kappa shape index (κ2) is 8.31. The van der Waals surface area contributed by atoms with E-state index in [9.17, 15) is 9.59 Å². The van der Waals surface area contributed by atoms with E-state index in [-0.39, 0.29) is 24.9 Å². The van der Waals surface area contributed by atoms with Crippen molar-refractivity contribution in [2.24, 2.45) is 5.41 Å². The molecule has 2 rings (SSSR count). The smallest absolute Gasteiger partial charge is 0.303 e. The molecule has 0 aromatic heterocycles. The van der Waals surface area contributed by atoms with E-state index < -0.39 is 24.1 Å². The molecular weight excluding hydrogens is 328 g/mol. The molecule has 1 heterocycles. The Balaban J connectivity index is 1.97. The maximum absolute atomic E-state index is 11.0. The van der Waals surface area contributed by atoms with E-state index in [4.69, 9.17) is 24.4 Å². The van der Waals surface area contributed by atoms with Gasteiger partial charge in [-0.3, -0.25) is 9.59 Å². The Hall–Kier alpha value is -2.12. The molecule has 0 saturated carbocycles. The standard InChI is InChI=1S/C18H24O7/c1-18(2)10-24-17(25-11-18)9-23-14-5-3-4-12(6-14)13(7-15(19)20)8-16(21)22/h3-6,13,17H,7-11H2,1-2H3,(H,19,20)(H,21,22). The molecule has 0 spiro atoms. The van der Waals surface area contributed by atoms with Crippen molar-refractivity contribution in [1.82, 2.24) is 0 Å². The minimum absolute atomic E-state index is 0.0166. The van der Waals surface area contributed by atoms with Crippen LogP contribution in [0, 0.1) is 5.41 Å². The molecule has 7 nitrogen and oxygen atoms in total. The molecular formula is C18H24O7. The van der Waals surface area contributed by atoms with Gasteiger partial charge in [0.25, 0.3) is 0 Å². The molecule has 25 heavy (non-hydrogen) atoms. The van der Waals surface area contributed by atoms with Gasteiger partial charge >= 0.3 is 11.9 Å². The lowest BCUT2D eigenvalue weighted by atomic mass is 9.92. The molecule has 1 aliphatic rings. The molecule has 1 aromatic rings. The predicted molar refractivity (Wildman–Crippen MR) is 88.7 cm³/mol.